The van der Waals surface area contributed by atoms with Crippen LogP contribution >= 0.6 is 0 Å². The maximum absolute atomic E-state index is 14.0. The molecule has 2 heterocycles. The van der Waals surface area contributed by atoms with Gasteiger partial charge in [0, 0.05) is 22.9 Å². The van der Waals surface area contributed by atoms with Gasteiger partial charge in [-0.05, 0) is 54.6 Å². The summed E-state index contributed by atoms with van der Waals surface area (Å²) in [5, 5.41) is 23.4. The van der Waals surface area contributed by atoms with E-state index in [-0.39, 0.29) is 29.1 Å². The molecular formula is C29H25BFN5O2. The lowest BCUT2D eigenvalue weighted by Crippen LogP contribution is -2.27. The van der Waals surface area contributed by atoms with Gasteiger partial charge in [0.1, 0.15) is 23.7 Å². The number of fused-ring (bicyclic) bond motifs is 1. The fourth-order valence-electron chi connectivity index (χ4n) is 4.74. The summed E-state index contributed by atoms with van der Waals surface area (Å²) in [6.07, 6.45) is 1.38. The second-order valence-corrected chi connectivity index (χ2v) is 9.21. The molecule has 7 nitrogen and oxygen atoms in total. The number of anilines is 1. The van der Waals surface area contributed by atoms with Gasteiger partial charge in [0.15, 0.2) is 7.85 Å². The lowest BCUT2D eigenvalue weighted by molar-refractivity contribution is 0.469. The Hall–Kier alpha value is -4.79. The highest BCUT2D eigenvalue weighted by atomic mass is 19.1. The summed E-state index contributed by atoms with van der Waals surface area (Å²) < 4.78 is 15.7. The van der Waals surface area contributed by atoms with Crippen molar-refractivity contribution in [3.63, 3.8) is 0 Å². The Balaban J connectivity index is 1.61. The van der Waals surface area contributed by atoms with Crippen LogP contribution in [0.3, 0.4) is 0 Å². The van der Waals surface area contributed by atoms with E-state index in [0.717, 1.165) is 28.3 Å². The van der Waals surface area contributed by atoms with Crippen molar-refractivity contribution in [1.29, 1.82) is 5.41 Å². The van der Waals surface area contributed by atoms with E-state index in [1.165, 1.54) is 18.5 Å². The highest BCUT2D eigenvalue weighted by Gasteiger charge is 2.19. The first-order valence-electron chi connectivity index (χ1n) is 12.1. The number of hydrogen-bond donors (Lipinski definition) is 3. The molecule has 0 radical (unpaired) electrons. The van der Waals surface area contributed by atoms with Gasteiger partial charge in [-0.3, -0.25) is 19.8 Å². The summed E-state index contributed by atoms with van der Waals surface area (Å²) >= 11 is 0. The number of benzene rings is 3. The summed E-state index contributed by atoms with van der Waals surface area (Å²) in [5.74, 6) is -0.565. The number of rotatable bonds is 6. The van der Waals surface area contributed by atoms with E-state index in [2.05, 4.69) is 15.3 Å². The zero-order valence-electron chi connectivity index (χ0n) is 21.2. The predicted molar refractivity (Wildman–Crippen MR) is 151 cm³/mol. The van der Waals surface area contributed by atoms with Gasteiger partial charge in [-0.1, -0.05) is 36.4 Å². The van der Waals surface area contributed by atoms with E-state index in [9.17, 15) is 14.3 Å². The number of nitrogens with one attached hydrogen (secondary N) is 2. The smallest absolute Gasteiger partial charge is 0.263 e. The van der Waals surface area contributed by atoms with Crippen molar-refractivity contribution in [3.05, 3.63) is 117 Å². The van der Waals surface area contributed by atoms with E-state index in [1.807, 2.05) is 62.4 Å². The summed E-state index contributed by atoms with van der Waals surface area (Å²) in [4.78, 5) is 22.4. The summed E-state index contributed by atoms with van der Waals surface area (Å²) in [7, 11) is 1.73. The van der Waals surface area contributed by atoms with Gasteiger partial charge in [-0.15, -0.1) is 0 Å². The molecule has 5 rings (SSSR count). The summed E-state index contributed by atoms with van der Waals surface area (Å²) in [6.45, 7) is 4.11. The molecule has 2 aromatic heterocycles. The topological polar surface area (TPSA) is 104 Å². The van der Waals surface area contributed by atoms with Gasteiger partial charge in [0.2, 0.25) is 0 Å². The minimum Gasteiger partial charge on any atom is -0.508 e. The minimum absolute atomic E-state index is 0.0363. The van der Waals surface area contributed by atoms with Crippen LogP contribution in [0.5, 0.6) is 5.75 Å². The molecule has 0 fully saturated rings. The normalized spacial score (nSPS) is 11.0. The third kappa shape index (κ3) is 4.54. The van der Waals surface area contributed by atoms with Crippen LogP contribution in [0.15, 0.2) is 77.9 Å². The first kappa shape index (κ1) is 24.9. The van der Waals surface area contributed by atoms with Crippen molar-refractivity contribution in [2.75, 3.05) is 5.32 Å². The third-order valence-corrected chi connectivity index (χ3v) is 6.58. The van der Waals surface area contributed by atoms with Gasteiger partial charge < -0.3 is 10.4 Å². The van der Waals surface area contributed by atoms with Gasteiger partial charge in [-0.25, -0.2) is 9.37 Å². The maximum atomic E-state index is 14.0. The average molecular weight is 505 g/mol. The molecule has 0 aliphatic carbocycles. The van der Waals surface area contributed by atoms with Crippen LogP contribution in [-0.2, 0) is 6.54 Å². The fraction of sp³-hybridized carbons (Fsp3) is 0.103. The van der Waals surface area contributed by atoms with Crippen LogP contribution in [0.1, 0.15) is 27.9 Å². The Morgan fingerprint density at radius 1 is 1.05 bits per heavy atom. The Labute approximate surface area is 219 Å². The molecule has 0 spiro atoms. The average Bonchev–Trinajstić information content (AvgIpc) is 2.87. The molecule has 0 saturated heterocycles. The molecule has 0 aliphatic heterocycles. The Morgan fingerprint density at radius 3 is 2.58 bits per heavy atom. The van der Waals surface area contributed by atoms with E-state index in [0.29, 0.717) is 28.1 Å². The molecule has 3 aromatic carbocycles. The number of aromatic nitrogens is 3. The third-order valence-electron chi connectivity index (χ3n) is 6.58. The second-order valence-electron chi connectivity index (χ2n) is 9.21. The van der Waals surface area contributed by atoms with Gasteiger partial charge in [-0.2, -0.15) is 0 Å². The molecular weight excluding hydrogens is 480 g/mol. The van der Waals surface area contributed by atoms with Crippen LogP contribution in [0.2, 0.25) is 0 Å². The quantitative estimate of drug-likeness (QED) is 0.242. The SMILES string of the molecule is Bc1ncnc(NCc2cc3cccc(C)c3c(=O)n2-c2ccccc2C)c1C(=N)c1cc(O)cc(F)c1. The molecule has 3 N–H and O–H groups in total. The van der Waals surface area contributed by atoms with Crippen LogP contribution in [0.25, 0.3) is 16.5 Å². The standard InChI is InChI=1S/C29H25BFN5O2/c1-16-6-3-4-9-23(16)36-21(11-18-8-5-7-17(2)24(18)29(36)38)14-33-28-25(27(30)34-15-35-28)26(32)19-10-20(31)13-22(37)12-19/h3-13,15,32,37H,14,30H2,1-2H3,(H,33,34,35). The number of hydrogen-bond acceptors (Lipinski definition) is 6. The number of phenolic OH excluding ortho intramolecular Hbond substituents is 1. The van der Waals surface area contributed by atoms with Crippen molar-refractivity contribution in [1.82, 2.24) is 14.5 Å². The van der Waals surface area contributed by atoms with Gasteiger partial charge >= 0.3 is 0 Å². The van der Waals surface area contributed by atoms with Crippen molar-refractivity contribution in [2.24, 2.45) is 0 Å². The summed E-state index contributed by atoms with van der Waals surface area (Å²) in [6, 6.07) is 18.9. The fourth-order valence-corrected chi connectivity index (χ4v) is 4.74. The van der Waals surface area contributed by atoms with E-state index in [1.54, 1.807) is 12.4 Å². The highest BCUT2D eigenvalue weighted by Crippen LogP contribution is 2.23. The van der Waals surface area contributed by atoms with E-state index in [4.69, 9.17) is 5.41 Å². The maximum Gasteiger partial charge on any atom is 0.263 e. The van der Waals surface area contributed by atoms with Crippen molar-refractivity contribution in [2.45, 2.75) is 20.4 Å². The number of aromatic hydroxyl groups is 1. The Bertz CT molecular complexity index is 1760. The molecule has 5 aromatic rings. The predicted octanol–water partition coefficient (Wildman–Crippen LogP) is 3.53. The molecule has 188 valence electrons. The molecule has 0 amide bonds. The molecule has 0 atom stereocenters. The van der Waals surface area contributed by atoms with E-state index >= 15 is 0 Å². The van der Waals surface area contributed by atoms with Crippen molar-refractivity contribution < 1.29 is 9.50 Å². The first-order valence-corrected chi connectivity index (χ1v) is 12.1. The highest BCUT2D eigenvalue weighted by molar-refractivity contribution is 6.37. The number of aryl methyl sites for hydroxylation is 2. The number of nitrogens with zero attached hydrogens (tertiary/aromatic N) is 3. The Kier molecular flexibility index (Phi) is 6.51. The number of para-hydroxylation sites is 1. The van der Waals surface area contributed by atoms with Crippen molar-refractivity contribution >= 4 is 35.7 Å². The van der Waals surface area contributed by atoms with E-state index < -0.39 is 5.82 Å². The monoisotopic (exact) mass is 505 g/mol. The van der Waals surface area contributed by atoms with Gasteiger partial charge in [0.25, 0.3) is 5.56 Å². The molecule has 38 heavy (non-hydrogen) atoms. The Morgan fingerprint density at radius 2 is 1.82 bits per heavy atom. The largest absolute Gasteiger partial charge is 0.508 e. The zero-order chi connectivity index (χ0) is 27.0. The molecule has 0 aliphatic rings. The van der Waals surface area contributed by atoms with Crippen LogP contribution in [-0.4, -0.2) is 33.2 Å². The zero-order valence-corrected chi connectivity index (χ0v) is 21.2. The lowest BCUT2D eigenvalue weighted by Gasteiger charge is -2.19. The first-order chi connectivity index (χ1) is 18.2. The van der Waals surface area contributed by atoms with Gasteiger partial charge in [0.05, 0.1) is 28.9 Å². The minimum atomic E-state index is -0.650. The van der Waals surface area contributed by atoms with Crippen LogP contribution in [0.4, 0.5) is 10.2 Å². The second kappa shape index (κ2) is 9.93. The number of halogens is 1. The molecule has 0 bridgehead atoms. The van der Waals surface area contributed by atoms with Crippen LogP contribution < -0.4 is 16.5 Å². The summed E-state index contributed by atoms with van der Waals surface area (Å²) in [5.41, 5.74) is 4.27. The molecule has 0 unspecified atom stereocenters. The van der Waals surface area contributed by atoms with Crippen LogP contribution in [0, 0.1) is 25.1 Å². The van der Waals surface area contributed by atoms with Crippen molar-refractivity contribution in [3.8, 4) is 11.4 Å². The molecule has 0 saturated carbocycles. The number of pyridine rings is 1. The lowest BCUT2D eigenvalue weighted by atomic mass is 9.91. The number of phenols is 1. The molecule has 9 heteroatoms.